The van der Waals surface area contributed by atoms with Crippen LogP contribution in [0.2, 0.25) is 0 Å². The van der Waals surface area contributed by atoms with Crippen LogP contribution < -0.4 is 19.5 Å². The number of fused-ring (bicyclic) bond motifs is 1. The Morgan fingerprint density at radius 3 is 2.45 bits per heavy atom. The number of benzene rings is 3. The topological polar surface area (TPSA) is 63.2 Å². The average Bonchev–Trinajstić information content (AvgIpc) is 2.97. The fraction of sp³-hybridized carbons (Fsp3) is 0.455. The van der Waals surface area contributed by atoms with Gasteiger partial charge in [-0.1, -0.05) is 26.0 Å². The van der Waals surface area contributed by atoms with Crippen molar-refractivity contribution in [2.24, 2.45) is 0 Å². The molecule has 0 saturated heterocycles. The number of ether oxygens (including phenoxy) is 3. The van der Waals surface area contributed by atoms with Crippen LogP contribution in [0.25, 0.3) is 0 Å². The van der Waals surface area contributed by atoms with Gasteiger partial charge in [0.15, 0.2) is 23.1 Å². The quantitative estimate of drug-likeness (QED) is 0.221. The molecule has 7 heteroatoms. The number of aryl methyl sites for hydroxylation is 2. The lowest BCUT2D eigenvalue weighted by Crippen LogP contribution is -2.28. The van der Waals surface area contributed by atoms with Gasteiger partial charge in [0.2, 0.25) is 0 Å². The van der Waals surface area contributed by atoms with E-state index < -0.39 is 0 Å². The van der Waals surface area contributed by atoms with Crippen LogP contribution in [0.1, 0.15) is 54.9 Å². The van der Waals surface area contributed by atoms with Crippen LogP contribution in [0.15, 0.2) is 48.5 Å². The number of methoxy groups -OCH3 is 2. The van der Waals surface area contributed by atoms with Crippen molar-refractivity contribution in [1.82, 2.24) is 4.90 Å². The first-order valence-electron chi connectivity index (χ1n) is 14.4. The Hall–Kier alpha value is -3.45. The minimum Gasteiger partial charge on any atom is -0.508 e. The second-order valence-electron chi connectivity index (χ2n) is 10.4. The van der Waals surface area contributed by atoms with Crippen molar-refractivity contribution in [3.8, 4) is 23.0 Å². The van der Waals surface area contributed by atoms with E-state index in [1.807, 2.05) is 24.3 Å². The molecule has 0 amide bonds. The predicted molar refractivity (Wildman–Crippen MR) is 159 cm³/mol. The van der Waals surface area contributed by atoms with Gasteiger partial charge in [-0.25, -0.2) is 4.39 Å². The fourth-order valence-electron chi connectivity index (χ4n) is 5.55. The van der Waals surface area contributed by atoms with Crippen molar-refractivity contribution >= 4 is 5.69 Å². The summed E-state index contributed by atoms with van der Waals surface area (Å²) >= 11 is 0. The highest BCUT2D eigenvalue weighted by molar-refractivity contribution is 5.62. The van der Waals surface area contributed by atoms with Gasteiger partial charge >= 0.3 is 0 Å². The second kappa shape index (κ2) is 14.3. The number of anilines is 1. The molecule has 1 unspecified atom stereocenters. The summed E-state index contributed by atoms with van der Waals surface area (Å²) in [5.74, 6) is 2.06. The Bertz CT molecular complexity index is 1260. The monoisotopic (exact) mass is 550 g/mol. The normalized spacial score (nSPS) is 14.6. The summed E-state index contributed by atoms with van der Waals surface area (Å²) in [5, 5.41) is 13.5. The highest BCUT2D eigenvalue weighted by Crippen LogP contribution is 2.42. The van der Waals surface area contributed by atoms with Crippen molar-refractivity contribution < 1.29 is 23.7 Å². The minimum absolute atomic E-state index is 0.307. The molecule has 0 spiro atoms. The Morgan fingerprint density at radius 2 is 1.73 bits per heavy atom. The molecule has 40 heavy (non-hydrogen) atoms. The van der Waals surface area contributed by atoms with Gasteiger partial charge < -0.3 is 29.5 Å². The molecule has 4 rings (SSSR count). The van der Waals surface area contributed by atoms with Crippen LogP contribution >= 0.6 is 0 Å². The van der Waals surface area contributed by atoms with Crippen molar-refractivity contribution in [3.63, 3.8) is 0 Å². The zero-order valence-electron chi connectivity index (χ0n) is 24.3. The van der Waals surface area contributed by atoms with E-state index in [0.717, 1.165) is 75.3 Å². The number of halogens is 1. The standard InChI is InChI=1S/C33H43FN2O4/c1-5-36(6-2)16-17-40-31-14-9-23(18-29(31)34)8-7-15-35-30-22-33(39-4)32(38-3)21-28(30)26-11-10-25-20-27(37)13-12-24(25)19-26/h9,12-14,18,20-22,26,35,37H,5-8,10-11,15-17,19H2,1-4H3. The van der Waals surface area contributed by atoms with E-state index in [0.29, 0.717) is 29.8 Å². The maximum Gasteiger partial charge on any atom is 0.165 e. The summed E-state index contributed by atoms with van der Waals surface area (Å²) in [6, 6.07) is 15.1. The molecule has 2 N–H and O–H groups in total. The number of phenols is 1. The van der Waals surface area contributed by atoms with Gasteiger partial charge in [0.1, 0.15) is 12.4 Å². The summed E-state index contributed by atoms with van der Waals surface area (Å²) in [6.45, 7) is 8.15. The zero-order valence-corrected chi connectivity index (χ0v) is 24.3. The first-order valence-corrected chi connectivity index (χ1v) is 14.4. The van der Waals surface area contributed by atoms with Gasteiger partial charge in [0, 0.05) is 24.8 Å². The summed E-state index contributed by atoms with van der Waals surface area (Å²) in [5.41, 5.74) is 5.69. The minimum atomic E-state index is -0.307. The number of hydrogen-bond donors (Lipinski definition) is 2. The van der Waals surface area contributed by atoms with E-state index in [1.165, 1.54) is 16.7 Å². The molecule has 0 aliphatic heterocycles. The van der Waals surface area contributed by atoms with Gasteiger partial charge in [-0.2, -0.15) is 0 Å². The predicted octanol–water partition coefficient (Wildman–Crippen LogP) is 6.59. The number of likely N-dealkylation sites (N-methyl/N-ethyl adjacent to an activating group) is 1. The Balaban J connectivity index is 1.38. The van der Waals surface area contributed by atoms with Crippen LogP contribution in [0, 0.1) is 5.82 Å². The Kier molecular flexibility index (Phi) is 10.5. The molecule has 0 aromatic heterocycles. The van der Waals surface area contributed by atoms with Gasteiger partial charge in [0.25, 0.3) is 0 Å². The van der Waals surface area contributed by atoms with Gasteiger partial charge in [-0.3, -0.25) is 0 Å². The zero-order chi connectivity index (χ0) is 28.5. The molecule has 0 fully saturated rings. The summed E-state index contributed by atoms with van der Waals surface area (Å²) in [6.07, 6.45) is 4.42. The van der Waals surface area contributed by atoms with E-state index in [1.54, 1.807) is 32.4 Å². The number of nitrogens with one attached hydrogen (secondary N) is 1. The highest BCUT2D eigenvalue weighted by Gasteiger charge is 2.24. The maximum absolute atomic E-state index is 14.7. The summed E-state index contributed by atoms with van der Waals surface area (Å²) in [7, 11) is 3.31. The van der Waals surface area contributed by atoms with E-state index in [2.05, 4.69) is 30.1 Å². The third-order valence-electron chi connectivity index (χ3n) is 7.93. The van der Waals surface area contributed by atoms with Crippen molar-refractivity contribution in [2.75, 3.05) is 52.3 Å². The summed E-state index contributed by atoms with van der Waals surface area (Å²) in [4.78, 5) is 2.25. The van der Waals surface area contributed by atoms with E-state index in [9.17, 15) is 9.50 Å². The van der Waals surface area contributed by atoms with E-state index in [-0.39, 0.29) is 5.82 Å². The third-order valence-corrected chi connectivity index (χ3v) is 7.93. The fourth-order valence-corrected chi connectivity index (χ4v) is 5.55. The van der Waals surface area contributed by atoms with Gasteiger partial charge in [-0.05, 0) is 104 Å². The first kappa shape index (κ1) is 29.5. The lowest BCUT2D eigenvalue weighted by Gasteiger charge is -2.28. The smallest absolute Gasteiger partial charge is 0.165 e. The first-order chi connectivity index (χ1) is 19.4. The summed E-state index contributed by atoms with van der Waals surface area (Å²) < 4.78 is 31.6. The molecule has 1 aliphatic rings. The van der Waals surface area contributed by atoms with Crippen molar-refractivity contribution in [3.05, 3.63) is 76.6 Å². The molecule has 3 aromatic carbocycles. The third kappa shape index (κ3) is 7.39. The van der Waals surface area contributed by atoms with Gasteiger partial charge in [-0.15, -0.1) is 0 Å². The lowest BCUT2D eigenvalue weighted by atomic mass is 9.79. The molecule has 0 heterocycles. The molecule has 3 aromatic rings. The van der Waals surface area contributed by atoms with Crippen LogP contribution in [0.5, 0.6) is 23.0 Å². The molecule has 6 nitrogen and oxygen atoms in total. The number of aromatic hydroxyl groups is 1. The number of phenolic OH excluding ortho intramolecular Hbond substituents is 1. The molecule has 1 atom stereocenters. The molecule has 1 aliphatic carbocycles. The van der Waals surface area contributed by atoms with E-state index in [4.69, 9.17) is 14.2 Å². The van der Waals surface area contributed by atoms with Crippen molar-refractivity contribution in [2.45, 2.75) is 51.9 Å². The number of hydrogen-bond acceptors (Lipinski definition) is 6. The van der Waals surface area contributed by atoms with Gasteiger partial charge in [0.05, 0.1) is 14.2 Å². The Labute approximate surface area is 238 Å². The molecular formula is C33H43FN2O4. The molecule has 0 bridgehead atoms. The SMILES string of the molecule is CCN(CC)CCOc1ccc(CCCNc2cc(OC)c(OC)cc2C2CCc3cc(O)ccc3C2)cc1F. The van der Waals surface area contributed by atoms with Crippen LogP contribution in [-0.4, -0.2) is 57.0 Å². The number of nitrogens with zero attached hydrogens (tertiary/aromatic N) is 1. The second-order valence-corrected chi connectivity index (χ2v) is 10.4. The largest absolute Gasteiger partial charge is 0.508 e. The lowest BCUT2D eigenvalue weighted by molar-refractivity contribution is 0.217. The molecule has 0 radical (unpaired) electrons. The van der Waals surface area contributed by atoms with Crippen molar-refractivity contribution in [1.29, 1.82) is 0 Å². The van der Waals surface area contributed by atoms with Crippen LogP contribution in [0.4, 0.5) is 10.1 Å². The maximum atomic E-state index is 14.7. The molecule has 216 valence electrons. The van der Waals surface area contributed by atoms with Crippen LogP contribution in [0.3, 0.4) is 0 Å². The number of rotatable bonds is 14. The van der Waals surface area contributed by atoms with Crippen LogP contribution in [-0.2, 0) is 19.3 Å². The highest BCUT2D eigenvalue weighted by atomic mass is 19.1. The average molecular weight is 551 g/mol. The molecule has 0 saturated carbocycles. The Morgan fingerprint density at radius 1 is 0.950 bits per heavy atom. The molecular weight excluding hydrogens is 507 g/mol. The van der Waals surface area contributed by atoms with E-state index >= 15 is 0 Å².